The minimum absolute atomic E-state index is 0.872. The minimum Gasteiger partial charge on any atom is -0.297 e. The first-order valence-corrected chi connectivity index (χ1v) is 5.30. The Balaban J connectivity index is 1.87. The van der Waals surface area contributed by atoms with Gasteiger partial charge in [0.15, 0.2) is 0 Å². The van der Waals surface area contributed by atoms with Crippen molar-refractivity contribution in [2.24, 2.45) is 0 Å². The molecule has 0 aliphatic carbocycles. The lowest BCUT2D eigenvalue weighted by molar-refractivity contribution is 0.489. The van der Waals surface area contributed by atoms with Gasteiger partial charge >= 0.3 is 0 Å². The fourth-order valence-corrected chi connectivity index (χ4v) is 1.82. The molecular weight excluding hydrogens is 190 g/mol. The van der Waals surface area contributed by atoms with Gasteiger partial charge in [0.2, 0.25) is 0 Å². The van der Waals surface area contributed by atoms with Crippen molar-refractivity contribution in [2.45, 2.75) is 32.2 Å². The second-order valence-corrected chi connectivity index (χ2v) is 3.66. The second kappa shape index (κ2) is 4.35. The molecule has 0 bridgehead atoms. The molecule has 2 heteroatoms. The van der Waals surface area contributed by atoms with Gasteiger partial charge in [-0.15, -0.1) is 0 Å². The molecule has 0 spiro atoms. The van der Waals surface area contributed by atoms with Crippen molar-refractivity contribution in [3.05, 3.63) is 0 Å². The van der Waals surface area contributed by atoms with E-state index in [0.717, 1.165) is 6.04 Å². The van der Waals surface area contributed by atoms with Gasteiger partial charge in [0, 0.05) is 17.9 Å². The van der Waals surface area contributed by atoms with Crippen molar-refractivity contribution < 1.29 is 0 Å². The Labute approximate surface area is 71.9 Å². The lowest BCUT2D eigenvalue weighted by atomic mass is 10.2. The average molecular weight is 206 g/mol. The Hall–Kier alpha value is 0.440. The molecule has 1 aliphatic rings. The molecule has 1 unspecified atom stereocenters. The SMILES string of the molecule is CCCCCN1C[C@H]1CBr. The molecule has 60 valence electrons. The Bertz CT molecular complexity index is 95.3. The summed E-state index contributed by atoms with van der Waals surface area (Å²) in [6, 6.07) is 0.872. The van der Waals surface area contributed by atoms with E-state index in [4.69, 9.17) is 0 Å². The van der Waals surface area contributed by atoms with Crippen LogP contribution in [0.1, 0.15) is 26.2 Å². The van der Waals surface area contributed by atoms with E-state index in [9.17, 15) is 0 Å². The Kier molecular flexibility index (Phi) is 3.71. The molecule has 2 atom stereocenters. The van der Waals surface area contributed by atoms with E-state index in [1.54, 1.807) is 0 Å². The van der Waals surface area contributed by atoms with Gasteiger partial charge in [-0.1, -0.05) is 35.7 Å². The molecule has 1 rings (SSSR count). The summed E-state index contributed by atoms with van der Waals surface area (Å²) in [6.45, 7) is 4.91. The molecule has 1 heterocycles. The molecule has 1 aliphatic heterocycles. The van der Waals surface area contributed by atoms with Crippen LogP contribution < -0.4 is 0 Å². The van der Waals surface area contributed by atoms with Crippen molar-refractivity contribution >= 4 is 15.9 Å². The molecule has 1 saturated heterocycles. The monoisotopic (exact) mass is 205 g/mol. The van der Waals surface area contributed by atoms with Crippen LogP contribution in [0.2, 0.25) is 0 Å². The highest BCUT2D eigenvalue weighted by Gasteiger charge is 2.31. The molecule has 0 N–H and O–H groups in total. The Morgan fingerprint density at radius 3 is 2.80 bits per heavy atom. The molecule has 0 saturated carbocycles. The first-order valence-electron chi connectivity index (χ1n) is 4.18. The summed E-state index contributed by atoms with van der Waals surface area (Å²) in [4.78, 5) is 2.53. The number of rotatable bonds is 5. The standard InChI is InChI=1S/C8H16BrN/c1-2-3-4-5-10-7-8(10)6-9/h8H,2-7H2,1H3/t8-,10?/m1/s1. The van der Waals surface area contributed by atoms with Gasteiger partial charge in [-0.2, -0.15) is 0 Å². The average Bonchev–Trinajstić information content (AvgIpc) is 2.68. The third-order valence-electron chi connectivity index (χ3n) is 2.06. The maximum atomic E-state index is 3.48. The van der Waals surface area contributed by atoms with Crippen LogP contribution in [0.15, 0.2) is 0 Å². The lowest BCUT2D eigenvalue weighted by Gasteiger charge is -1.99. The number of hydrogen-bond acceptors (Lipinski definition) is 1. The predicted octanol–water partition coefficient (Wildman–Crippen LogP) is 2.26. The summed E-state index contributed by atoms with van der Waals surface area (Å²) in [7, 11) is 0. The number of hydrogen-bond donors (Lipinski definition) is 0. The fraction of sp³-hybridized carbons (Fsp3) is 1.00. The summed E-state index contributed by atoms with van der Waals surface area (Å²) in [5.74, 6) is 0. The van der Waals surface area contributed by atoms with E-state index in [0.29, 0.717) is 0 Å². The Morgan fingerprint density at radius 1 is 1.50 bits per heavy atom. The summed E-state index contributed by atoms with van der Waals surface area (Å²) in [5.41, 5.74) is 0. The Morgan fingerprint density at radius 2 is 2.30 bits per heavy atom. The molecule has 0 aromatic rings. The predicted molar refractivity (Wildman–Crippen MR) is 48.7 cm³/mol. The van der Waals surface area contributed by atoms with Crippen LogP contribution in [0.5, 0.6) is 0 Å². The third-order valence-corrected chi connectivity index (χ3v) is 2.80. The number of unbranched alkanes of at least 4 members (excludes halogenated alkanes) is 2. The van der Waals surface area contributed by atoms with Crippen LogP contribution >= 0.6 is 15.9 Å². The first-order chi connectivity index (χ1) is 4.88. The summed E-state index contributed by atoms with van der Waals surface area (Å²) < 4.78 is 0. The van der Waals surface area contributed by atoms with Gasteiger partial charge in [-0.05, 0) is 13.0 Å². The lowest BCUT2D eigenvalue weighted by Crippen LogP contribution is -2.04. The molecule has 0 radical (unpaired) electrons. The van der Waals surface area contributed by atoms with Crippen molar-refractivity contribution in [3.63, 3.8) is 0 Å². The second-order valence-electron chi connectivity index (χ2n) is 3.01. The zero-order chi connectivity index (χ0) is 7.40. The van der Waals surface area contributed by atoms with Crippen LogP contribution in [-0.4, -0.2) is 29.4 Å². The summed E-state index contributed by atoms with van der Waals surface area (Å²) >= 11 is 3.48. The maximum Gasteiger partial charge on any atom is 0.0320 e. The van der Waals surface area contributed by atoms with Crippen LogP contribution in [-0.2, 0) is 0 Å². The van der Waals surface area contributed by atoms with E-state index in [1.807, 2.05) is 0 Å². The zero-order valence-corrected chi connectivity index (χ0v) is 8.23. The molecule has 1 nitrogen and oxygen atoms in total. The largest absolute Gasteiger partial charge is 0.297 e. The quantitative estimate of drug-likeness (QED) is 0.378. The number of alkyl halides is 1. The van der Waals surface area contributed by atoms with Crippen LogP contribution in [0.3, 0.4) is 0 Å². The van der Waals surface area contributed by atoms with Crippen molar-refractivity contribution in [3.8, 4) is 0 Å². The van der Waals surface area contributed by atoms with E-state index in [2.05, 4.69) is 27.8 Å². The highest BCUT2D eigenvalue weighted by Crippen LogP contribution is 2.19. The minimum atomic E-state index is 0.872. The number of halogens is 1. The van der Waals surface area contributed by atoms with Crippen LogP contribution in [0.25, 0.3) is 0 Å². The highest BCUT2D eigenvalue weighted by atomic mass is 79.9. The third kappa shape index (κ3) is 2.59. The smallest absolute Gasteiger partial charge is 0.0320 e. The van der Waals surface area contributed by atoms with Crippen molar-refractivity contribution in [1.29, 1.82) is 0 Å². The van der Waals surface area contributed by atoms with Gasteiger partial charge in [0.1, 0.15) is 0 Å². The molecule has 10 heavy (non-hydrogen) atoms. The van der Waals surface area contributed by atoms with Crippen LogP contribution in [0.4, 0.5) is 0 Å². The van der Waals surface area contributed by atoms with Crippen LogP contribution in [0, 0.1) is 0 Å². The van der Waals surface area contributed by atoms with Crippen molar-refractivity contribution in [2.75, 3.05) is 18.4 Å². The molecule has 1 fully saturated rings. The van der Waals surface area contributed by atoms with E-state index >= 15 is 0 Å². The van der Waals surface area contributed by atoms with Gasteiger partial charge < -0.3 is 0 Å². The van der Waals surface area contributed by atoms with Gasteiger partial charge in [0.05, 0.1) is 0 Å². The van der Waals surface area contributed by atoms with Gasteiger partial charge in [0.25, 0.3) is 0 Å². The normalized spacial score (nSPS) is 30.6. The molecular formula is C8H16BrN. The molecule has 0 aromatic heterocycles. The van der Waals surface area contributed by atoms with Gasteiger partial charge in [-0.3, -0.25) is 4.90 Å². The topological polar surface area (TPSA) is 3.01 Å². The summed E-state index contributed by atoms with van der Waals surface area (Å²) in [6.07, 6.45) is 4.12. The van der Waals surface area contributed by atoms with Gasteiger partial charge in [-0.25, -0.2) is 0 Å². The van der Waals surface area contributed by atoms with E-state index in [-0.39, 0.29) is 0 Å². The first kappa shape index (κ1) is 8.54. The van der Waals surface area contributed by atoms with E-state index < -0.39 is 0 Å². The molecule has 0 amide bonds. The summed E-state index contributed by atoms with van der Waals surface area (Å²) in [5, 5.41) is 1.17. The molecule has 0 aromatic carbocycles. The highest BCUT2D eigenvalue weighted by molar-refractivity contribution is 9.09. The maximum absolute atomic E-state index is 3.48. The van der Waals surface area contributed by atoms with Crippen molar-refractivity contribution in [1.82, 2.24) is 4.90 Å². The number of nitrogens with zero attached hydrogens (tertiary/aromatic N) is 1. The van der Waals surface area contributed by atoms with E-state index in [1.165, 1.54) is 37.7 Å². The fourth-order valence-electron chi connectivity index (χ4n) is 1.21. The zero-order valence-electron chi connectivity index (χ0n) is 6.65.